The molecule has 6 rings (SSSR count). The van der Waals surface area contributed by atoms with Crippen molar-refractivity contribution in [3.8, 4) is 11.1 Å². The molecule has 0 bridgehead atoms. The smallest absolute Gasteiger partial charge is 0.128 e. The van der Waals surface area contributed by atoms with Gasteiger partial charge in [0.2, 0.25) is 0 Å². The summed E-state index contributed by atoms with van der Waals surface area (Å²) in [4.78, 5) is 18.5. The van der Waals surface area contributed by atoms with Gasteiger partial charge in [0, 0.05) is 60.9 Å². The maximum atomic E-state index is 4.77. The molecule has 0 unspecified atom stereocenters. The molecule has 1 N–H and O–H groups in total. The molecule has 0 atom stereocenters. The number of thiazole rings is 1. The summed E-state index contributed by atoms with van der Waals surface area (Å²) in [7, 11) is 2.17. The van der Waals surface area contributed by atoms with Crippen LogP contribution >= 0.6 is 11.3 Å². The van der Waals surface area contributed by atoms with Crippen LogP contribution in [0.5, 0.6) is 0 Å². The number of aromatic nitrogens is 3. The summed E-state index contributed by atoms with van der Waals surface area (Å²) in [6.45, 7) is 4.19. The fourth-order valence-corrected chi connectivity index (χ4v) is 4.96. The minimum Gasteiger partial charge on any atom is -0.355 e. The predicted octanol–water partition coefficient (Wildman–Crippen LogP) is 5.40. The number of hydrogen-bond acceptors (Lipinski definition) is 7. The lowest BCUT2D eigenvalue weighted by molar-refractivity contribution is 0.312. The molecular formula is C26H24N6S. The van der Waals surface area contributed by atoms with Gasteiger partial charge in [-0.3, -0.25) is 4.98 Å². The minimum absolute atomic E-state index is 0.959. The van der Waals surface area contributed by atoms with Crippen LogP contribution in [-0.2, 0) is 0 Å². The molecule has 6 nitrogen and oxygen atoms in total. The van der Waals surface area contributed by atoms with Crippen LogP contribution in [0.25, 0.3) is 32.2 Å². The molecule has 2 aromatic carbocycles. The van der Waals surface area contributed by atoms with Gasteiger partial charge < -0.3 is 15.1 Å². The fourth-order valence-electron chi connectivity index (χ4n) is 4.31. The monoisotopic (exact) mass is 452 g/mol. The van der Waals surface area contributed by atoms with Crippen LogP contribution < -0.4 is 10.2 Å². The summed E-state index contributed by atoms with van der Waals surface area (Å²) in [6, 6.07) is 19.0. The van der Waals surface area contributed by atoms with Crippen LogP contribution in [0.3, 0.4) is 0 Å². The Morgan fingerprint density at radius 3 is 2.55 bits per heavy atom. The maximum absolute atomic E-state index is 4.77. The molecular weight excluding hydrogens is 428 g/mol. The third-order valence-corrected chi connectivity index (χ3v) is 7.07. The topological polar surface area (TPSA) is 57.2 Å². The summed E-state index contributed by atoms with van der Waals surface area (Å²) in [5, 5.41) is 4.64. The zero-order valence-corrected chi connectivity index (χ0v) is 19.2. The van der Waals surface area contributed by atoms with E-state index in [-0.39, 0.29) is 0 Å². The van der Waals surface area contributed by atoms with E-state index in [2.05, 4.69) is 80.7 Å². The zero-order valence-electron chi connectivity index (χ0n) is 18.4. The number of benzene rings is 2. The molecule has 0 spiro atoms. The normalized spacial score (nSPS) is 14.8. The number of rotatable bonds is 4. The number of pyridine rings is 2. The Labute approximate surface area is 196 Å². The van der Waals surface area contributed by atoms with E-state index in [1.165, 1.54) is 4.70 Å². The molecule has 1 saturated heterocycles. The van der Waals surface area contributed by atoms with E-state index < -0.39 is 0 Å². The quantitative estimate of drug-likeness (QED) is 0.394. The highest BCUT2D eigenvalue weighted by Crippen LogP contribution is 2.31. The molecule has 1 aliphatic rings. The molecule has 4 heterocycles. The van der Waals surface area contributed by atoms with Crippen molar-refractivity contribution >= 4 is 49.6 Å². The van der Waals surface area contributed by atoms with Crippen LogP contribution in [0, 0.1) is 0 Å². The summed E-state index contributed by atoms with van der Waals surface area (Å²) in [6.07, 6.45) is 3.83. The second kappa shape index (κ2) is 8.42. The number of likely N-dealkylation sites (N-methyl/N-ethyl adjacent to an activating group) is 1. The van der Waals surface area contributed by atoms with Gasteiger partial charge in [0.05, 0.1) is 21.2 Å². The Morgan fingerprint density at radius 2 is 1.70 bits per heavy atom. The SMILES string of the molecule is CN1CCN(c2ccc(-c3ccc4nccc(Nc5ccc6scnc6c5)c4c3)cn2)CC1. The Bertz CT molecular complexity index is 1420. The van der Waals surface area contributed by atoms with Crippen LogP contribution in [0.2, 0.25) is 0 Å². The number of hydrogen-bond donors (Lipinski definition) is 1. The van der Waals surface area contributed by atoms with Gasteiger partial charge in [-0.05, 0) is 61.1 Å². The first-order chi connectivity index (χ1) is 16.2. The van der Waals surface area contributed by atoms with Gasteiger partial charge in [-0.25, -0.2) is 9.97 Å². The standard InChI is InChI=1S/C26H24N6S/c1-31-10-12-32(13-11-31)26-7-3-19(16-28-26)18-2-5-22-21(14-18)23(8-9-27-22)30-20-4-6-25-24(15-20)29-17-33-25/h2-9,14-17H,10-13H2,1H3,(H,27,30). The Hall–Kier alpha value is -3.55. The Morgan fingerprint density at radius 1 is 0.818 bits per heavy atom. The van der Waals surface area contributed by atoms with Crippen molar-refractivity contribution in [3.05, 3.63) is 72.5 Å². The van der Waals surface area contributed by atoms with Crippen molar-refractivity contribution in [2.24, 2.45) is 0 Å². The van der Waals surface area contributed by atoms with Gasteiger partial charge in [0.15, 0.2) is 0 Å². The van der Waals surface area contributed by atoms with Crippen LogP contribution in [0.4, 0.5) is 17.2 Å². The summed E-state index contributed by atoms with van der Waals surface area (Å²) in [5.41, 5.74) is 8.13. The Balaban J connectivity index is 1.30. The lowest BCUT2D eigenvalue weighted by Crippen LogP contribution is -2.44. The molecule has 33 heavy (non-hydrogen) atoms. The van der Waals surface area contributed by atoms with Crippen molar-refractivity contribution in [1.29, 1.82) is 0 Å². The first kappa shape index (κ1) is 20.1. The molecule has 7 heteroatoms. The molecule has 1 aliphatic heterocycles. The lowest BCUT2D eigenvalue weighted by atomic mass is 10.0. The second-order valence-electron chi connectivity index (χ2n) is 8.45. The molecule has 164 valence electrons. The summed E-state index contributed by atoms with van der Waals surface area (Å²) >= 11 is 1.65. The van der Waals surface area contributed by atoms with Crippen molar-refractivity contribution in [2.45, 2.75) is 0 Å². The molecule has 0 radical (unpaired) electrons. The fraction of sp³-hybridized carbons (Fsp3) is 0.192. The minimum atomic E-state index is 0.959. The molecule has 0 amide bonds. The van der Waals surface area contributed by atoms with E-state index in [0.717, 1.165) is 70.9 Å². The number of nitrogens with one attached hydrogen (secondary N) is 1. The third kappa shape index (κ3) is 4.01. The molecule has 0 saturated carbocycles. The maximum Gasteiger partial charge on any atom is 0.128 e. The Kier molecular flexibility index (Phi) is 5.13. The number of anilines is 3. The largest absolute Gasteiger partial charge is 0.355 e. The van der Waals surface area contributed by atoms with Crippen molar-refractivity contribution in [2.75, 3.05) is 43.4 Å². The predicted molar refractivity (Wildman–Crippen MR) is 138 cm³/mol. The number of piperazine rings is 1. The summed E-state index contributed by atoms with van der Waals surface area (Å²) in [5.74, 6) is 1.05. The van der Waals surface area contributed by atoms with Crippen molar-refractivity contribution in [3.63, 3.8) is 0 Å². The van der Waals surface area contributed by atoms with Gasteiger partial charge in [-0.15, -0.1) is 11.3 Å². The second-order valence-corrected chi connectivity index (χ2v) is 9.33. The van der Waals surface area contributed by atoms with Gasteiger partial charge in [-0.2, -0.15) is 0 Å². The summed E-state index contributed by atoms with van der Waals surface area (Å²) < 4.78 is 1.19. The average molecular weight is 453 g/mol. The number of fused-ring (bicyclic) bond motifs is 2. The van der Waals surface area contributed by atoms with Gasteiger partial charge in [0.1, 0.15) is 5.82 Å². The average Bonchev–Trinajstić information content (AvgIpc) is 3.33. The van der Waals surface area contributed by atoms with E-state index in [0.29, 0.717) is 0 Å². The first-order valence-electron chi connectivity index (χ1n) is 11.1. The van der Waals surface area contributed by atoms with Gasteiger partial charge in [-0.1, -0.05) is 6.07 Å². The zero-order chi connectivity index (χ0) is 22.2. The first-order valence-corrected chi connectivity index (χ1v) is 12.0. The van der Waals surface area contributed by atoms with Gasteiger partial charge in [0.25, 0.3) is 0 Å². The van der Waals surface area contributed by atoms with Crippen LogP contribution in [0.1, 0.15) is 0 Å². The molecule has 1 fully saturated rings. The highest BCUT2D eigenvalue weighted by atomic mass is 32.1. The van der Waals surface area contributed by atoms with Gasteiger partial charge >= 0.3 is 0 Å². The number of nitrogens with zero attached hydrogens (tertiary/aromatic N) is 5. The van der Waals surface area contributed by atoms with E-state index in [1.807, 2.05) is 24.0 Å². The van der Waals surface area contributed by atoms with Crippen molar-refractivity contribution in [1.82, 2.24) is 19.9 Å². The van der Waals surface area contributed by atoms with Crippen molar-refractivity contribution < 1.29 is 0 Å². The molecule has 5 aromatic rings. The van der Waals surface area contributed by atoms with Crippen LogP contribution in [-0.4, -0.2) is 53.1 Å². The van der Waals surface area contributed by atoms with E-state index >= 15 is 0 Å². The van der Waals surface area contributed by atoms with E-state index in [9.17, 15) is 0 Å². The lowest BCUT2D eigenvalue weighted by Gasteiger charge is -2.33. The highest BCUT2D eigenvalue weighted by molar-refractivity contribution is 7.16. The van der Waals surface area contributed by atoms with Crippen LogP contribution in [0.15, 0.2) is 72.5 Å². The van der Waals surface area contributed by atoms with E-state index in [4.69, 9.17) is 4.98 Å². The molecule has 0 aliphatic carbocycles. The highest BCUT2D eigenvalue weighted by Gasteiger charge is 2.15. The van der Waals surface area contributed by atoms with E-state index in [1.54, 1.807) is 11.3 Å². The third-order valence-electron chi connectivity index (χ3n) is 6.26. The molecule has 3 aromatic heterocycles.